The summed E-state index contributed by atoms with van der Waals surface area (Å²) in [6.07, 6.45) is 1.12. The molecule has 0 saturated heterocycles. The third-order valence-corrected chi connectivity index (χ3v) is 2.81. The van der Waals surface area contributed by atoms with Gasteiger partial charge >= 0.3 is 0 Å². The molecule has 0 fully saturated rings. The Hall–Kier alpha value is -1.71. The molecule has 0 atom stereocenters. The van der Waals surface area contributed by atoms with Gasteiger partial charge in [-0.25, -0.2) is 0 Å². The molecule has 0 bridgehead atoms. The van der Waals surface area contributed by atoms with Crippen molar-refractivity contribution < 1.29 is 4.42 Å². The number of nitrogens with zero attached hydrogens (tertiary/aromatic N) is 2. The van der Waals surface area contributed by atoms with E-state index < -0.39 is 0 Å². The normalized spacial score (nSPS) is 11.3. The summed E-state index contributed by atoms with van der Waals surface area (Å²) in [5.74, 6) is 0.673. The van der Waals surface area contributed by atoms with Gasteiger partial charge in [0.05, 0.1) is 5.69 Å². The van der Waals surface area contributed by atoms with Crippen molar-refractivity contribution in [3.63, 3.8) is 0 Å². The number of hydrogen-bond acceptors (Lipinski definition) is 4. The Morgan fingerprint density at radius 1 is 1.41 bits per heavy atom. The van der Waals surface area contributed by atoms with Crippen LogP contribution < -0.4 is 10.6 Å². The van der Waals surface area contributed by atoms with Crippen LogP contribution in [0.3, 0.4) is 0 Å². The van der Waals surface area contributed by atoms with Crippen LogP contribution in [0.4, 0.5) is 11.7 Å². The van der Waals surface area contributed by atoms with Gasteiger partial charge in [-0.15, -0.1) is 0 Å². The van der Waals surface area contributed by atoms with Crippen molar-refractivity contribution >= 4 is 22.8 Å². The highest BCUT2D eigenvalue weighted by Gasteiger charge is 2.11. The summed E-state index contributed by atoms with van der Waals surface area (Å²) in [6, 6.07) is 6.24. The monoisotopic (exact) mass is 233 g/mol. The van der Waals surface area contributed by atoms with E-state index in [-0.39, 0.29) is 0 Å². The maximum atomic E-state index is 5.85. The number of nitrogen functional groups attached to an aromatic ring is 1. The predicted octanol–water partition coefficient (Wildman–Crippen LogP) is 2.89. The second kappa shape index (κ2) is 4.65. The minimum absolute atomic E-state index is 0.638. The molecular formula is C13H19N3O. The lowest BCUT2D eigenvalue weighted by Gasteiger charge is -2.15. The van der Waals surface area contributed by atoms with Crippen molar-refractivity contribution in [1.29, 1.82) is 0 Å². The second-order valence-corrected chi connectivity index (χ2v) is 4.79. The first-order valence-corrected chi connectivity index (χ1v) is 5.94. The SMILES string of the molecule is CC(C)CCN(C)c1nc2c(N)cccc2o1. The highest BCUT2D eigenvalue weighted by Crippen LogP contribution is 2.25. The molecule has 0 spiro atoms. The molecule has 0 saturated carbocycles. The molecule has 92 valence electrons. The molecule has 2 aromatic rings. The highest BCUT2D eigenvalue weighted by molar-refractivity contribution is 5.86. The van der Waals surface area contributed by atoms with Crippen molar-refractivity contribution in [1.82, 2.24) is 4.98 Å². The van der Waals surface area contributed by atoms with Crippen molar-refractivity contribution in [2.75, 3.05) is 24.2 Å². The summed E-state index contributed by atoms with van der Waals surface area (Å²) in [7, 11) is 1.99. The molecule has 1 aromatic heterocycles. The highest BCUT2D eigenvalue weighted by atomic mass is 16.4. The van der Waals surface area contributed by atoms with E-state index in [1.54, 1.807) is 0 Å². The first-order valence-electron chi connectivity index (χ1n) is 5.94. The zero-order chi connectivity index (χ0) is 12.4. The first kappa shape index (κ1) is 11.8. The third kappa shape index (κ3) is 2.52. The number of nitrogens with two attached hydrogens (primary N) is 1. The largest absolute Gasteiger partial charge is 0.423 e. The van der Waals surface area contributed by atoms with Gasteiger partial charge in [-0.2, -0.15) is 4.98 Å². The van der Waals surface area contributed by atoms with Crippen molar-refractivity contribution in [3.05, 3.63) is 18.2 Å². The van der Waals surface area contributed by atoms with Gasteiger partial charge in [0.15, 0.2) is 5.58 Å². The molecular weight excluding hydrogens is 214 g/mol. The number of rotatable bonds is 4. The molecule has 1 heterocycles. The number of hydrogen-bond donors (Lipinski definition) is 1. The van der Waals surface area contributed by atoms with E-state index in [4.69, 9.17) is 10.2 Å². The van der Waals surface area contributed by atoms with Gasteiger partial charge < -0.3 is 15.1 Å². The van der Waals surface area contributed by atoms with Crippen LogP contribution >= 0.6 is 0 Å². The smallest absolute Gasteiger partial charge is 0.298 e. The van der Waals surface area contributed by atoms with E-state index in [0.717, 1.165) is 24.1 Å². The fourth-order valence-corrected chi connectivity index (χ4v) is 1.67. The Bertz CT molecular complexity index is 504. The van der Waals surface area contributed by atoms with Crippen LogP contribution in [-0.2, 0) is 0 Å². The first-order chi connectivity index (χ1) is 8.08. The van der Waals surface area contributed by atoms with E-state index in [0.29, 0.717) is 17.6 Å². The quantitative estimate of drug-likeness (QED) is 0.825. The average Bonchev–Trinajstić information content (AvgIpc) is 2.71. The minimum atomic E-state index is 0.638. The molecule has 0 radical (unpaired) electrons. The Kier molecular flexibility index (Phi) is 3.22. The van der Waals surface area contributed by atoms with Crippen LogP contribution in [-0.4, -0.2) is 18.6 Å². The van der Waals surface area contributed by atoms with E-state index >= 15 is 0 Å². The average molecular weight is 233 g/mol. The predicted molar refractivity (Wildman–Crippen MR) is 71.1 cm³/mol. The molecule has 0 unspecified atom stereocenters. The molecule has 0 aliphatic heterocycles. The fourth-order valence-electron chi connectivity index (χ4n) is 1.67. The molecule has 0 aliphatic rings. The molecule has 4 nitrogen and oxygen atoms in total. The van der Waals surface area contributed by atoms with Gasteiger partial charge in [0, 0.05) is 13.6 Å². The number of anilines is 2. The number of oxazole rings is 1. The maximum Gasteiger partial charge on any atom is 0.298 e. The van der Waals surface area contributed by atoms with Crippen LogP contribution in [0, 0.1) is 5.92 Å². The molecule has 2 N–H and O–H groups in total. The van der Waals surface area contributed by atoms with Crippen LogP contribution in [0.25, 0.3) is 11.1 Å². The number of benzene rings is 1. The summed E-state index contributed by atoms with van der Waals surface area (Å²) < 4.78 is 5.68. The molecule has 0 aliphatic carbocycles. The van der Waals surface area contributed by atoms with Gasteiger partial charge in [-0.05, 0) is 24.5 Å². The van der Waals surface area contributed by atoms with Gasteiger partial charge in [0.2, 0.25) is 0 Å². The Morgan fingerprint density at radius 2 is 2.18 bits per heavy atom. The molecule has 1 aromatic carbocycles. The van der Waals surface area contributed by atoms with Gasteiger partial charge in [0.1, 0.15) is 5.52 Å². The van der Waals surface area contributed by atoms with E-state index in [2.05, 4.69) is 18.8 Å². The zero-order valence-electron chi connectivity index (χ0n) is 10.6. The topological polar surface area (TPSA) is 55.3 Å². The summed E-state index contributed by atoms with van der Waals surface area (Å²) in [5, 5.41) is 0. The lowest BCUT2D eigenvalue weighted by Crippen LogP contribution is -2.20. The number of aromatic nitrogens is 1. The van der Waals surface area contributed by atoms with Crippen molar-refractivity contribution in [2.45, 2.75) is 20.3 Å². The Labute approximate surface area is 101 Å². The van der Waals surface area contributed by atoms with Crippen LogP contribution in [0.1, 0.15) is 20.3 Å². The summed E-state index contributed by atoms with van der Waals surface area (Å²) in [5.41, 5.74) is 8.01. The fraction of sp³-hybridized carbons (Fsp3) is 0.462. The second-order valence-electron chi connectivity index (χ2n) is 4.79. The lowest BCUT2D eigenvalue weighted by atomic mass is 10.1. The van der Waals surface area contributed by atoms with E-state index in [1.807, 2.05) is 30.1 Å². The Morgan fingerprint density at radius 3 is 2.82 bits per heavy atom. The van der Waals surface area contributed by atoms with Crippen LogP contribution in [0.2, 0.25) is 0 Å². The maximum absolute atomic E-state index is 5.85. The van der Waals surface area contributed by atoms with Crippen LogP contribution in [0.15, 0.2) is 22.6 Å². The van der Waals surface area contributed by atoms with Crippen molar-refractivity contribution in [2.24, 2.45) is 5.92 Å². The number of fused-ring (bicyclic) bond motifs is 1. The van der Waals surface area contributed by atoms with Gasteiger partial charge in [-0.1, -0.05) is 19.9 Å². The zero-order valence-corrected chi connectivity index (χ0v) is 10.6. The third-order valence-electron chi connectivity index (χ3n) is 2.81. The summed E-state index contributed by atoms with van der Waals surface area (Å²) in [4.78, 5) is 6.45. The van der Waals surface area contributed by atoms with Crippen LogP contribution in [0.5, 0.6) is 0 Å². The molecule has 17 heavy (non-hydrogen) atoms. The van der Waals surface area contributed by atoms with Gasteiger partial charge in [0.25, 0.3) is 6.01 Å². The standard InChI is InChI=1S/C13H19N3O/c1-9(2)7-8-16(3)13-15-12-10(14)5-4-6-11(12)17-13/h4-6,9H,7-8,14H2,1-3H3. The summed E-state index contributed by atoms with van der Waals surface area (Å²) in [6.45, 7) is 5.35. The van der Waals surface area contributed by atoms with Crippen molar-refractivity contribution in [3.8, 4) is 0 Å². The lowest BCUT2D eigenvalue weighted by molar-refractivity contribution is 0.542. The van der Waals surface area contributed by atoms with E-state index in [1.165, 1.54) is 0 Å². The summed E-state index contributed by atoms with van der Waals surface area (Å²) >= 11 is 0. The van der Waals surface area contributed by atoms with E-state index in [9.17, 15) is 0 Å². The number of para-hydroxylation sites is 1. The molecule has 0 amide bonds. The minimum Gasteiger partial charge on any atom is -0.423 e. The Balaban J connectivity index is 2.21. The van der Waals surface area contributed by atoms with Gasteiger partial charge in [-0.3, -0.25) is 0 Å². The molecule has 4 heteroatoms. The molecule has 2 rings (SSSR count).